The summed E-state index contributed by atoms with van der Waals surface area (Å²) < 4.78 is 12.1. The quantitative estimate of drug-likeness (QED) is 0.143. The summed E-state index contributed by atoms with van der Waals surface area (Å²) in [5.41, 5.74) is 12.1. The van der Waals surface area contributed by atoms with Gasteiger partial charge in [-0.1, -0.05) is 200 Å². The average Bonchev–Trinajstić information content (AvgIpc) is 1.70. The molecule has 0 saturated heterocycles. The molecule has 13 aromatic carbocycles. The standard InChI is InChI=1S/C84H46N6S5/c1-2-19-47(20-3-1)79-85-80(87-81(86-79)53-43-51(54-28-15-30-61-56-23-4-9-36-69(56)91-74(54)61)42-52(44-53)55-29-16-31-62-57-24-5-10-37-70(57)92-75(55)62)49-22-14-21-48(41-49)50-45-67-60-27-8-13-40-73(60)95-78(67)68(46-50)84-89-82(65-34-17-32-63-58-25-6-11-38-71(58)93-76(63)65)88-83(90-84)66-35-18-33-64-59-26-7-12-39-72(59)94-77(64)66/h1-46H. The second-order valence-electron chi connectivity index (χ2n) is 24.0. The molecule has 0 aliphatic carbocycles. The highest BCUT2D eigenvalue weighted by Crippen LogP contribution is 2.49. The van der Waals surface area contributed by atoms with E-state index in [1.165, 1.54) is 92.5 Å². The molecule has 0 atom stereocenters. The van der Waals surface area contributed by atoms with Crippen LogP contribution < -0.4 is 0 Å². The number of rotatable bonds is 9. The molecule has 0 bridgehead atoms. The Hall–Kier alpha value is -11.0. The van der Waals surface area contributed by atoms with Crippen molar-refractivity contribution in [1.82, 2.24) is 29.9 Å². The van der Waals surface area contributed by atoms with E-state index in [-0.39, 0.29) is 0 Å². The van der Waals surface area contributed by atoms with Gasteiger partial charge in [-0.05, 0) is 112 Å². The van der Waals surface area contributed by atoms with Crippen LogP contribution in [0.5, 0.6) is 0 Å². The topological polar surface area (TPSA) is 77.3 Å². The minimum Gasteiger partial charge on any atom is -0.208 e. The fourth-order valence-electron chi connectivity index (χ4n) is 13.9. The summed E-state index contributed by atoms with van der Waals surface area (Å²) in [7, 11) is 0. The largest absolute Gasteiger partial charge is 0.208 e. The minimum absolute atomic E-state index is 0.570. The predicted molar refractivity (Wildman–Crippen MR) is 407 cm³/mol. The molecule has 0 aliphatic rings. The third-order valence-electron chi connectivity index (χ3n) is 18.4. The molecule has 0 fully saturated rings. The normalized spacial score (nSPS) is 12.0. The van der Waals surface area contributed by atoms with Crippen LogP contribution in [-0.2, 0) is 0 Å². The predicted octanol–water partition coefficient (Wildman–Crippen LogP) is 24.9. The lowest BCUT2D eigenvalue weighted by Gasteiger charge is -2.14. The molecule has 20 rings (SSSR count). The highest BCUT2D eigenvalue weighted by atomic mass is 32.1. The van der Waals surface area contributed by atoms with Crippen molar-refractivity contribution in [3.63, 3.8) is 0 Å². The molecular formula is C84H46N6S5. The van der Waals surface area contributed by atoms with E-state index in [4.69, 9.17) is 29.9 Å². The fraction of sp³-hybridized carbons (Fsp3) is 0. The lowest BCUT2D eigenvalue weighted by molar-refractivity contribution is 1.07. The van der Waals surface area contributed by atoms with Gasteiger partial charge in [0.05, 0.1) is 0 Å². The first-order valence-electron chi connectivity index (χ1n) is 31.5. The van der Waals surface area contributed by atoms with Gasteiger partial charge in [0.1, 0.15) is 0 Å². The number of benzene rings is 13. The van der Waals surface area contributed by atoms with E-state index in [9.17, 15) is 0 Å². The molecule has 7 aromatic heterocycles. The lowest BCUT2D eigenvalue weighted by atomic mass is 9.94. The van der Waals surface area contributed by atoms with Crippen LogP contribution in [0.25, 0.3) is 203 Å². The zero-order chi connectivity index (χ0) is 62.2. The van der Waals surface area contributed by atoms with Crippen LogP contribution in [0.1, 0.15) is 0 Å². The zero-order valence-corrected chi connectivity index (χ0v) is 54.4. The molecule has 0 saturated carbocycles. The monoisotopic (exact) mass is 1300 g/mol. The molecule has 0 spiro atoms. The van der Waals surface area contributed by atoms with Crippen molar-refractivity contribution in [2.45, 2.75) is 0 Å². The molecular weight excluding hydrogens is 1250 g/mol. The van der Waals surface area contributed by atoms with E-state index < -0.39 is 0 Å². The van der Waals surface area contributed by atoms with Gasteiger partial charge in [0.2, 0.25) is 0 Å². The van der Waals surface area contributed by atoms with Crippen molar-refractivity contribution in [1.29, 1.82) is 0 Å². The molecule has 0 unspecified atom stereocenters. The van der Waals surface area contributed by atoms with Gasteiger partial charge in [0, 0.05) is 134 Å². The van der Waals surface area contributed by atoms with Crippen molar-refractivity contribution in [3.05, 3.63) is 279 Å². The lowest BCUT2D eigenvalue weighted by Crippen LogP contribution is -2.01. The molecule has 0 amide bonds. The van der Waals surface area contributed by atoms with Gasteiger partial charge in [-0.2, -0.15) is 0 Å². The Bertz CT molecular complexity index is 6310. The van der Waals surface area contributed by atoms with Crippen LogP contribution in [0.4, 0.5) is 0 Å². The number of hydrogen-bond donors (Lipinski definition) is 0. The average molecular weight is 1300 g/mol. The van der Waals surface area contributed by atoms with Gasteiger partial charge in [-0.15, -0.1) is 56.7 Å². The summed E-state index contributed by atoms with van der Waals surface area (Å²) in [6.07, 6.45) is 0. The highest BCUT2D eigenvalue weighted by Gasteiger charge is 2.24. The summed E-state index contributed by atoms with van der Waals surface area (Å²) in [4.78, 5) is 33.1. The molecule has 20 aromatic rings. The second-order valence-corrected chi connectivity index (χ2v) is 29.2. The number of aromatic nitrogens is 6. The van der Waals surface area contributed by atoms with Crippen LogP contribution in [0.3, 0.4) is 0 Å². The Balaban J connectivity index is 0.785. The first-order chi connectivity index (χ1) is 47.0. The van der Waals surface area contributed by atoms with Crippen molar-refractivity contribution in [2.24, 2.45) is 0 Å². The number of fused-ring (bicyclic) bond motifs is 15. The maximum absolute atomic E-state index is 5.61. The molecule has 442 valence electrons. The van der Waals surface area contributed by atoms with Crippen molar-refractivity contribution in [3.8, 4) is 102 Å². The maximum Gasteiger partial charge on any atom is 0.165 e. The van der Waals surface area contributed by atoms with Crippen LogP contribution in [0.15, 0.2) is 279 Å². The summed E-state index contributed by atoms with van der Waals surface area (Å²) in [5.74, 6) is 3.62. The zero-order valence-electron chi connectivity index (χ0n) is 50.3. The van der Waals surface area contributed by atoms with Crippen molar-refractivity contribution in [2.75, 3.05) is 0 Å². The SMILES string of the molecule is c1ccc(-c2nc(-c3cccc(-c4cc(-c5nc(-c6cccc7c6sc6ccccc67)nc(-c6cccc7c6sc6ccccc67)n5)c5sc6ccccc6c5c4)c3)nc(-c3cc(-c4cccc5c4sc4ccccc45)cc(-c4cccc5c4sc4ccccc45)c3)n2)cc1. The molecule has 7 heterocycles. The molecule has 0 aliphatic heterocycles. The Labute approximate surface area is 563 Å². The van der Waals surface area contributed by atoms with Gasteiger partial charge < -0.3 is 0 Å². The number of hydrogen-bond acceptors (Lipinski definition) is 11. The van der Waals surface area contributed by atoms with Crippen LogP contribution in [0.2, 0.25) is 0 Å². The molecule has 95 heavy (non-hydrogen) atoms. The Morgan fingerprint density at radius 1 is 0.158 bits per heavy atom. The van der Waals surface area contributed by atoms with Crippen LogP contribution >= 0.6 is 56.7 Å². The van der Waals surface area contributed by atoms with Gasteiger partial charge in [0.25, 0.3) is 0 Å². The Morgan fingerprint density at radius 2 is 0.453 bits per heavy atom. The van der Waals surface area contributed by atoms with Crippen LogP contribution in [-0.4, -0.2) is 29.9 Å². The Morgan fingerprint density at radius 3 is 0.916 bits per heavy atom. The third kappa shape index (κ3) is 8.99. The maximum atomic E-state index is 5.61. The van der Waals surface area contributed by atoms with E-state index >= 15 is 0 Å². The number of nitrogens with zero attached hydrogens (tertiary/aromatic N) is 6. The first-order valence-corrected chi connectivity index (χ1v) is 35.5. The van der Waals surface area contributed by atoms with E-state index in [0.717, 1.165) is 75.1 Å². The third-order valence-corrected chi connectivity index (χ3v) is 24.5. The summed E-state index contributed by atoms with van der Waals surface area (Å²) in [6, 6.07) is 100. The number of thiophene rings is 5. The second kappa shape index (κ2) is 21.8. The van der Waals surface area contributed by atoms with E-state index in [1.807, 2.05) is 40.9 Å². The van der Waals surface area contributed by atoms with Gasteiger partial charge >= 0.3 is 0 Å². The van der Waals surface area contributed by atoms with Crippen molar-refractivity contribution >= 4 is 158 Å². The minimum atomic E-state index is 0.570. The summed E-state index contributed by atoms with van der Waals surface area (Å²) in [5, 5.41) is 12.2. The van der Waals surface area contributed by atoms with Crippen LogP contribution in [0, 0.1) is 0 Å². The van der Waals surface area contributed by atoms with Crippen molar-refractivity contribution < 1.29 is 0 Å². The fourth-order valence-corrected chi connectivity index (χ4v) is 20.0. The summed E-state index contributed by atoms with van der Waals surface area (Å²) in [6.45, 7) is 0. The molecule has 0 radical (unpaired) electrons. The van der Waals surface area contributed by atoms with Gasteiger partial charge in [-0.3, -0.25) is 0 Å². The highest BCUT2D eigenvalue weighted by molar-refractivity contribution is 7.28. The summed E-state index contributed by atoms with van der Waals surface area (Å²) >= 11 is 9.04. The smallest absolute Gasteiger partial charge is 0.165 e. The van der Waals surface area contributed by atoms with Gasteiger partial charge in [-0.25, -0.2) is 29.9 Å². The molecule has 6 nitrogen and oxygen atoms in total. The van der Waals surface area contributed by atoms with E-state index in [1.54, 1.807) is 34.0 Å². The van der Waals surface area contributed by atoms with E-state index in [0.29, 0.717) is 34.9 Å². The van der Waals surface area contributed by atoms with Gasteiger partial charge in [0.15, 0.2) is 34.9 Å². The Kier molecular flexibility index (Phi) is 12.5. The first kappa shape index (κ1) is 54.5. The molecule has 0 N–H and O–H groups in total. The molecule has 11 heteroatoms. The van der Waals surface area contributed by atoms with E-state index in [2.05, 4.69) is 261 Å².